The fourth-order valence-electron chi connectivity index (χ4n) is 1.27. The van der Waals surface area contributed by atoms with Gasteiger partial charge < -0.3 is 9.26 Å². The zero-order valence-electron chi connectivity index (χ0n) is 9.06. The van der Waals surface area contributed by atoms with Crippen molar-refractivity contribution in [2.45, 2.75) is 13.8 Å². The van der Waals surface area contributed by atoms with Crippen LogP contribution in [-0.4, -0.2) is 10.9 Å². The van der Waals surface area contributed by atoms with Gasteiger partial charge in [0.25, 0.3) is 0 Å². The van der Waals surface area contributed by atoms with E-state index in [-0.39, 0.29) is 5.78 Å². The SMILES string of the molecule is CC(=O)c1ccc(Oc2cnoc2C)cc1. The fourth-order valence-corrected chi connectivity index (χ4v) is 1.27. The number of Topliss-reactive ketones (excluding diaryl/α,β-unsaturated/α-hetero) is 1. The maximum atomic E-state index is 11.1. The van der Waals surface area contributed by atoms with Gasteiger partial charge in [-0.25, -0.2) is 0 Å². The third kappa shape index (κ3) is 2.11. The highest BCUT2D eigenvalue weighted by Crippen LogP contribution is 2.24. The van der Waals surface area contributed by atoms with Crippen molar-refractivity contribution in [1.82, 2.24) is 5.16 Å². The lowest BCUT2D eigenvalue weighted by atomic mass is 10.1. The molecule has 2 aromatic rings. The molecular formula is C12H11NO3. The lowest BCUT2D eigenvalue weighted by Crippen LogP contribution is -1.91. The lowest BCUT2D eigenvalue weighted by Gasteiger charge is -2.03. The molecule has 0 amide bonds. The number of aromatic nitrogens is 1. The van der Waals surface area contributed by atoms with Crippen molar-refractivity contribution in [2.75, 3.05) is 0 Å². The van der Waals surface area contributed by atoms with E-state index in [1.165, 1.54) is 13.1 Å². The summed E-state index contributed by atoms with van der Waals surface area (Å²) in [6, 6.07) is 6.92. The van der Waals surface area contributed by atoms with Gasteiger partial charge in [0.15, 0.2) is 17.3 Å². The summed E-state index contributed by atoms with van der Waals surface area (Å²) in [4.78, 5) is 11.1. The highest BCUT2D eigenvalue weighted by atomic mass is 16.5. The van der Waals surface area contributed by atoms with E-state index in [2.05, 4.69) is 5.16 Å². The Kier molecular flexibility index (Phi) is 2.72. The Bertz CT molecular complexity index is 499. The highest BCUT2D eigenvalue weighted by Gasteiger charge is 2.06. The van der Waals surface area contributed by atoms with E-state index in [0.29, 0.717) is 22.8 Å². The van der Waals surface area contributed by atoms with Gasteiger partial charge in [0, 0.05) is 12.5 Å². The molecule has 4 nitrogen and oxygen atoms in total. The first-order chi connectivity index (χ1) is 7.66. The molecule has 0 N–H and O–H groups in total. The number of hydrogen-bond donors (Lipinski definition) is 0. The Hall–Kier alpha value is -2.10. The molecule has 0 atom stereocenters. The molecule has 0 spiro atoms. The lowest BCUT2D eigenvalue weighted by molar-refractivity contribution is 0.101. The molecule has 0 radical (unpaired) electrons. The summed E-state index contributed by atoms with van der Waals surface area (Å²) in [6.45, 7) is 3.30. The van der Waals surface area contributed by atoms with Crippen LogP contribution in [0.15, 0.2) is 35.0 Å². The van der Waals surface area contributed by atoms with Gasteiger partial charge in [-0.3, -0.25) is 4.79 Å². The van der Waals surface area contributed by atoms with E-state index in [9.17, 15) is 4.79 Å². The zero-order valence-corrected chi connectivity index (χ0v) is 9.06. The average Bonchev–Trinajstić information content (AvgIpc) is 2.65. The summed E-state index contributed by atoms with van der Waals surface area (Å²) < 4.78 is 10.4. The van der Waals surface area contributed by atoms with Crippen LogP contribution in [-0.2, 0) is 0 Å². The monoisotopic (exact) mass is 217 g/mol. The number of benzene rings is 1. The van der Waals surface area contributed by atoms with Crippen molar-refractivity contribution in [3.05, 3.63) is 41.8 Å². The van der Waals surface area contributed by atoms with E-state index in [4.69, 9.17) is 9.26 Å². The smallest absolute Gasteiger partial charge is 0.189 e. The molecule has 0 fully saturated rings. The average molecular weight is 217 g/mol. The molecule has 0 unspecified atom stereocenters. The molecule has 0 bridgehead atoms. The Balaban J connectivity index is 2.17. The van der Waals surface area contributed by atoms with Crippen LogP contribution in [0.25, 0.3) is 0 Å². The van der Waals surface area contributed by atoms with Crippen LogP contribution in [0.1, 0.15) is 23.0 Å². The van der Waals surface area contributed by atoms with Crippen LogP contribution in [0, 0.1) is 6.92 Å². The van der Waals surface area contributed by atoms with Crippen LogP contribution >= 0.6 is 0 Å². The highest BCUT2D eigenvalue weighted by molar-refractivity contribution is 5.94. The Morgan fingerprint density at radius 2 is 2.00 bits per heavy atom. The third-order valence-electron chi connectivity index (χ3n) is 2.20. The van der Waals surface area contributed by atoms with E-state index < -0.39 is 0 Å². The minimum absolute atomic E-state index is 0.0349. The fraction of sp³-hybridized carbons (Fsp3) is 0.167. The van der Waals surface area contributed by atoms with Gasteiger partial charge in [-0.15, -0.1) is 0 Å². The minimum atomic E-state index is 0.0349. The summed E-state index contributed by atoms with van der Waals surface area (Å²) in [5, 5.41) is 3.61. The molecule has 1 aromatic heterocycles. The topological polar surface area (TPSA) is 52.3 Å². The maximum absolute atomic E-state index is 11.1. The summed E-state index contributed by atoms with van der Waals surface area (Å²) in [5.74, 6) is 1.88. The summed E-state index contributed by atoms with van der Waals surface area (Å²) in [5.41, 5.74) is 0.661. The van der Waals surface area contributed by atoms with Gasteiger partial charge >= 0.3 is 0 Å². The van der Waals surface area contributed by atoms with Crippen molar-refractivity contribution in [2.24, 2.45) is 0 Å². The standard InChI is InChI=1S/C12H11NO3/c1-8(14)10-3-5-11(6-4-10)15-12-7-13-16-9(12)2/h3-7H,1-2H3. The molecular weight excluding hydrogens is 206 g/mol. The van der Waals surface area contributed by atoms with E-state index in [1.807, 2.05) is 0 Å². The number of ketones is 1. The molecule has 0 saturated carbocycles. The van der Waals surface area contributed by atoms with Crippen LogP contribution in [0.3, 0.4) is 0 Å². The molecule has 0 saturated heterocycles. The number of hydrogen-bond acceptors (Lipinski definition) is 4. The summed E-state index contributed by atoms with van der Waals surface area (Å²) in [6.07, 6.45) is 1.51. The first-order valence-electron chi connectivity index (χ1n) is 4.87. The molecule has 4 heteroatoms. The minimum Gasteiger partial charge on any atom is -0.452 e. The second-order valence-electron chi connectivity index (χ2n) is 3.43. The number of rotatable bonds is 3. The Morgan fingerprint density at radius 1 is 1.31 bits per heavy atom. The molecule has 1 aromatic carbocycles. The van der Waals surface area contributed by atoms with Crippen molar-refractivity contribution < 1.29 is 14.1 Å². The largest absolute Gasteiger partial charge is 0.452 e. The van der Waals surface area contributed by atoms with Crippen molar-refractivity contribution >= 4 is 5.78 Å². The van der Waals surface area contributed by atoms with Gasteiger partial charge in [-0.1, -0.05) is 5.16 Å². The predicted molar refractivity (Wildman–Crippen MR) is 57.8 cm³/mol. The third-order valence-corrected chi connectivity index (χ3v) is 2.20. The summed E-state index contributed by atoms with van der Waals surface area (Å²) in [7, 11) is 0. The number of nitrogens with zero attached hydrogens (tertiary/aromatic N) is 1. The normalized spacial score (nSPS) is 10.1. The van der Waals surface area contributed by atoms with Crippen LogP contribution in [0.2, 0.25) is 0 Å². The molecule has 0 aliphatic carbocycles. The Morgan fingerprint density at radius 3 is 2.50 bits per heavy atom. The van der Waals surface area contributed by atoms with Crippen molar-refractivity contribution in [3.8, 4) is 11.5 Å². The number of carbonyl (C=O) groups excluding carboxylic acids is 1. The van der Waals surface area contributed by atoms with Crippen LogP contribution in [0.5, 0.6) is 11.5 Å². The zero-order chi connectivity index (χ0) is 11.5. The van der Waals surface area contributed by atoms with Gasteiger partial charge in [-0.05, 0) is 31.2 Å². The second-order valence-corrected chi connectivity index (χ2v) is 3.43. The number of carbonyl (C=O) groups is 1. The van der Waals surface area contributed by atoms with Crippen molar-refractivity contribution in [1.29, 1.82) is 0 Å². The maximum Gasteiger partial charge on any atom is 0.189 e. The molecule has 16 heavy (non-hydrogen) atoms. The van der Waals surface area contributed by atoms with Gasteiger partial charge in [0.05, 0.1) is 0 Å². The first-order valence-corrected chi connectivity index (χ1v) is 4.87. The van der Waals surface area contributed by atoms with Gasteiger partial charge in [0.1, 0.15) is 11.9 Å². The van der Waals surface area contributed by atoms with Crippen molar-refractivity contribution in [3.63, 3.8) is 0 Å². The van der Waals surface area contributed by atoms with Gasteiger partial charge in [0.2, 0.25) is 0 Å². The van der Waals surface area contributed by atoms with Crippen LogP contribution in [0.4, 0.5) is 0 Å². The Labute approximate surface area is 92.8 Å². The van der Waals surface area contributed by atoms with Gasteiger partial charge in [-0.2, -0.15) is 0 Å². The molecule has 1 heterocycles. The van der Waals surface area contributed by atoms with Crippen LogP contribution < -0.4 is 4.74 Å². The first kappa shape index (κ1) is 10.4. The van der Waals surface area contributed by atoms with E-state index >= 15 is 0 Å². The second kappa shape index (κ2) is 4.18. The molecule has 0 aliphatic rings. The molecule has 2 rings (SSSR count). The number of ether oxygens (including phenoxy) is 1. The quantitative estimate of drug-likeness (QED) is 0.741. The molecule has 0 aliphatic heterocycles. The molecule has 82 valence electrons. The summed E-state index contributed by atoms with van der Waals surface area (Å²) >= 11 is 0. The van der Waals surface area contributed by atoms with E-state index in [0.717, 1.165) is 0 Å². The number of aryl methyl sites for hydroxylation is 1. The van der Waals surface area contributed by atoms with E-state index in [1.54, 1.807) is 31.2 Å². The predicted octanol–water partition coefficient (Wildman–Crippen LogP) is 2.98.